The number of nitrogens with one attached hydrogen (secondary N) is 7. The third kappa shape index (κ3) is 23.1. The summed E-state index contributed by atoms with van der Waals surface area (Å²) in [4.78, 5) is 134. The first kappa shape index (κ1) is 80.7. The van der Waals surface area contributed by atoms with Gasteiger partial charge in [-0.25, -0.2) is 0 Å². The van der Waals surface area contributed by atoms with Crippen LogP contribution >= 0.6 is 0 Å². The second-order valence-electron chi connectivity index (χ2n) is 27.6. The van der Waals surface area contributed by atoms with E-state index in [1.807, 2.05) is 170 Å². The van der Waals surface area contributed by atoms with Crippen LogP contribution in [0.15, 0.2) is 122 Å². The number of hydrogen-bond acceptors (Lipinski definition) is 18. The van der Waals surface area contributed by atoms with E-state index in [1.165, 1.54) is 25.1 Å². The fraction of sp³-hybridized carbons (Fsp3) is 0.451. The highest BCUT2D eigenvalue weighted by molar-refractivity contribution is 6.44. The number of imide groups is 2. The molecule has 13 N–H and O–H groups in total. The molecule has 540 valence electrons. The number of para-hydroxylation sites is 3. The van der Waals surface area contributed by atoms with Crippen molar-refractivity contribution in [2.75, 3.05) is 11.4 Å². The first-order valence-electron chi connectivity index (χ1n) is 34.2. The summed E-state index contributed by atoms with van der Waals surface area (Å²) in [6, 6.07) is 29.2. The molecule has 2 aliphatic rings. The van der Waals surface area contributed by atoms with Gasteiger partial charge in [0.25, 0.3) is 17.7 Å². The predicted octanol–water partition coefficient (Wildman–Crippen LogP) is 3.91. The van der Waals surface area contributed by atoms with Crippen molar-refractivity contribution in [3.63, 3.8) is 0 Å². The van der Waals surface area contributed by atoms with Crippen molar-refractivity contribution in [3.8, 4) is 0 Å². The monoisotopic (exact) mass is 1390 g/mol. The minimum Gasteiger partial charge on any atom is -0.426 e. The van der Waals surface area contributed by atoms with E-state index in [4.69, 9.17) is 0 Å². The van der Waals surface area contributed by atoms with Crippen LogP contribution in [0.25, 0.3) is 21.8 Å². The van der Waals surface area contributed by atoms with Crippen molar-refractivity contribution in [2.45, 2.75) is 170 Å². The van der Waals surface area contributed by atoms with E-state index >= 15 is 0 Å². The molecule has 101 heavy (non-hydrogen) atoms. The van der Waals surface area contributed by atoms with Gasteiger partial charge in [0.1, 0.15) is 37.3 Å². The number of carbonyl (C=O) groups is 10. The zero-order chi connectivity index (χ0) is 74.5. The molecule has 0 saturated carbocycles. The van der Waals surface area contributed by atoms with E-state index in [-0.39, 0.29) is 84.0 Å². The Kier molecular flexibility index (Phi) is 30.3. The maximum Gasteiger partial charge on any atom is 0.475 e. The first-order chi connectivity index (χ1) is 47.8. The number of benzene rings is 4. The molecule has 30 heteroatoms. The molecule has 27 nitrogen and oxygen atoms in total. The number of hydrogen-bond donors (Lipinski definition) is 13. The van der Waals surface area contributed by atoms with Gasteiger partial charge in [0, 0.05) is 40.3 Å². The third-order valence-electron chi connectivity index (χ3n) is 16.7. The Morgan fingerprint density at radius 2 is 0.990 bits per heavy atom. The molecule has 4 heterocycles. The number of rotatable bonds is 30. The van der Waals surface area contributed by atoms with E-state index < -0.39 is 111 Å². The largest absolute Gasteiger partial charge is 0.475 e. The van der Waals surface area contributed by atoms with E-state index in [0.717, 1.165) is 38.1 Å². The van der Waals surface area contributed by atoms with Crippen LogP contribution in [-0.2, 0) is 40.1 Å². The minimum absolute atomic E-state index is 0.0247. The van der Waals surface area contributed by atoms with Crippen LogP contribution in [0.3, 0.4) is 0 Å². The van der Waals surface area contributed by atoms with Gasteiger partial charge in [-0.2, -0.15) is 0 Å². The summed E-state index contributed by atoms with van der Waals surface area (Å²) < 4.78 is 1.90. The Labute approximate surface area is 589 Å². The van der Waals surface area contributed by atoms with Crippen molar-refractivity contribution in [2.24, 2.45) is 29.6 Å². The van der Waals surface area contributed by atoms with E-state index in [0.29, 0.717) is 32.1 Å². The Bertz CT molecular complexity index is 3750. The number of piperidine rings is 1. The van der Waals surface area contributed by atoms with Crippen molar-refractivity contribution in [1.82, 2.24) is 51.7 Å². The first-order valence-corrected chi connectivity index (χ1v) is 34.2. The summed E-state index contributed by atoms with van der Waals surface area (Å²) in [6.07, 6.45) is 5.40. The van der Waals surface area contributed by atoms with Crippen LogP contribution < -0.4 is 42.1 Å². The standard InChI is InChI=1S/C25H36BN3O4.C24H33BN4O4.C22H27BN4O8/c1-18(2)15-22(25(31)28-23(26(32)33)16-19(3)4)27-24(30)17-29(20-11-7-5-8-12-20)21-13-9-6-10-14-21;1-15(2)11-19(24(31)28-22(25(32)33)12-16(3)4)27-23(30)14-29-20-8-6-5-7-17(20)18-9-10-26-13-21(18)29;1-10(2)9-15(23(34)35)25-18(29)11(3)24-19(30)12-5-4-6-13-17(12)22(33)27(21(13)32)14-7-8-16(28)26-20(14)31/h5-14,18-19,22-23,32-33H,15-17H2,1-4H3,(H,27,30)(H,28,31);5-10,13,15-16,19,22,32-33H,11-12,14H2,1-4H3,(H,27,30)(H,28,31);4-6,10-11,14-15,34-35H,7-9H2,1-3H3,(H,24,30)(H,25,29)(H,26,28,31)/t22-,23-;19-,22-;11-,14?,15-/m000/s1. The summed E-state index contributed by atoms with van der Waals surface area (Å²) >= 11 is 0. The second-order valence-corrected chi connectivity index (χ2v) is 27.6. The maximum atomic E-state index is 13.1. The van der Waals surface area contributed by atoms with Gasteiger partial charge in [-0.1, -0.05) is 130 Å². The van der Waals surface area contributed by atoms with Gasteiger partial charge in [0.2, 0.25) is 41.4 Å². The fourth-order valence-electron chi connectivity index (χ4n) is 12.0. The number of aromatic nitrogens is 2. The number of carbonyl (C=O) groups excluding carboxylic acids is 10. The average Bonchev–Trinajstić information content (AvgIpc) is 1.61. The van der Waals surface area contributed by atoms with Crippen molar-refractivity contribution in [3.05, 3.63) is 138 Å². The lowest BCUT2D eigenvalue weighted by Crippen LogP contribution is -2.55. The molecule has 1 saturated heterocycles. The molecule has 1 fully saturated rings. The van der Waals surface area contributed by atoms with E-state index in [9.17, 15) is 78.1 Å². The van der Waals surface area contributed by atoms with Crippen LogP contribution in [0, 0.1) is 29.6 Å². The second kappa shape index (κ2) is 37.9. The van der Waals surface area contributed by atoms with Crippen molar-refractivity contribution in [1.29, 1.82) is 0 Å². The van der Waals surface area contributed by atoms with Crippen molar-refractivity contribution < 1.29 is 78.1 Å². The van der Waals surface area contributed by atoms with Crippen LogP contribution in [0.4, 0.5) is 11.4 Å². The molecule has 0 aliphatic carbocycles. The van der Waals surface area contributed by atoms with Crippen LogP contribution in [-0.4, -0.2) is 174 Å². The molecule has 0 bridgehead atoms. The van der Waals surface area contributed by atoms with Crippen LogP contribution in [0.1, 0.15) is 152 Å². The highest BCUT2D eigenvalue weighted by atomic mass is 16.4. The predicted molar refractivity (Wildman–Crippen MR) is 385 cm³/mol. The average molecular weight is 1390 g/mol. The number of fused-ring (bicyclic) bond motifs is 4. The molecular weight excluding hydrogens is 1300 g/mol. The van der Waals surface area contributed by atoms with E-state index in [1.54, 1.807) is 12.4 Å². The number of anilines is 2. The lowest BCUT2D eigenvalue weighted by Gasteiger charge is -2.27. The molecule has 6 aromatic rings. The Morgan fingerprint density at radius 1 is 0.525 bits per heavy atom. The number of amides is 10. The van der Waals surface area contributed by atoms with Gasteiger partial charge in [0.05, 0.1) is 46.2 Å². The van der Waals surface area contributed by atoms with Gasteiger partial charge in [0.15, 0.2) is 0 Å². The molecule has 7 atom stereocenters. The Balaban J connectivity index is 0.000000239. The maximum absolute atomic E-state index is 13.1. The van der Waals surface area contributed by atoms with Crippen molar-refractivity contribution >= 4 is 114 Å². The zero-order valence-corrected chi connectivity index (χ0v) is 59.1. The summed E-state index contributed by atoms with van der Waals surface area (Å²) in [5.74, 6) is -7.60. The quantitative estimate of drug-likeness (QED) is 0.0224. The number of pyridine rings is 1. The lowest BCUT2D eigenvalue weighted by molar-refractivity contribution is -0.136. The fourth-order valence-corrected chi connectivity index (χ4v) is 12.0. The molecule has 1 unspecified atom stereocenters. The highest BCUT2D eigenvalue weighted by Crippen LogP contribution is 2.32. The molecular formula is C71H96B3N11O16. The number of nitrogens with zero attached hydrogens (tertiary/aromatic N) is 4. The zero-order valence-electron chi connectivity index (χ0n) is 59.1. The molecule has 10 amide bonds. The summed E-state index contributed by atoms with van der Waals surface area (Å²) in [5.41, 5.74) is 3.07. The highest BCUT2D eigenvalue weighted by Gasteiger charge is 2.46. The van der Waals surface area contributed by atoms with Gasteiger partial charge >= 0.3 is 21.4 Å². The molecule has 4 aromatic carbocycles. The van der Waals surface area contributed by atoms with Gasteiger partial charge < -0.3 is 71.5 Å². The summed E-state index contributed by atoms with van der Waals surface area (Å²) in [7, 11) is -5.13. The minimum atomic E-state index is -1.79. The van der Waals surface area contributed by atoms with E-state index in [2.05, 4.69) is 42.2 Å². The van der Waals surface area contributed by atoms with Gasteiger partial charge in [-0.05, 0) is 124 Å². The van der Waals surface area contributed by atoms with Gasteiger partial charge in [-0.3, -0.25) is 63.1 Å². The smallest absolute Gasteiger partial charge is 0.426 e. The van der Waals surface area contributed by atoms with Crippen LogP contribution in [0.5, 0.6) is 0 Å². The molecule has 2 aromatic heterocycles. The molecule has 8 rings (SSSR count). The van der Waals surface area contributed by atoms with Gasteiger partial charge in [-0.15, -0.1) is 0 Å². The summed E-state index contributed by atoms with van der Waals surface area (Å²) in [5, 5.41) is 77.9. The SMILES string of the molecule is CC(C)C[C@H](NC(=O)[C@H](C)NC(=O)c1cccc2c1C(=O)N(C1CCC(=O)NC1=O)C2=O)B(O)O.CC(C)C[C@H](NC(=O)[C@H](CC(C)C)NC(=O)CN(c1ccccc1)c1ccccc1)B(O)O.CC(C)C[C@H](NC(=O)[C@H](CC(C)C)NC(=O)Cn1c2ccccc2c2ccncc21)B(O)O. The third-order valence-corrected chi connectivity index (χ3v) is 16.7. The normalized spacial score (nSPS) is 15.3. The topological polar surface area (TPSA) is 401 Å². The molecule has 0 radical (unpaired) electrons. The Morgan fingerprint density at radius 3 is 1.48 bits per heavy atom. The van der Waals surface area contributed by atoms with Crippen LogP contribution in [0.2, 0.25) is 0 Å². The molecule has 0 spiro atoms. The Hall–Kier alpha value is -9.32. The summed E-state index contributed by atoms with van der Waals surface area (Å²) in [6.45, 7) is 20.8. The molecule has 2 aliphatic heterocycles. The lowest BCUT2D eigenvalue weighted by atomic mass is 9.75.